The number of likely N-dealkylation sites (N-methyl/N-ethyl adjacent to an activating group) is 1. The molecule has 0 spiro atoms. The van der Waals surface area contributed by atoms with E-state index in [1.54, 1.807) is 0 Å². The number of nitrogens with zero attached hydrogens (tertiary/aromatic N) is 1. The van der Waals surface area contributed by atoms with Crippen molar-refractivity contribution < 1.29 is 18.0 Å². The van der Waals surface area contributed by atoms with Gasteiger partial charge in [0, 0.05) is 13.6 Å². The first-order valence-corrected chi connectivity index (χ1v) is 6.60. The van der Waals surface area contributed by atoms with Gasteiger partial charge in [-0.3, -0.25) is 4.79 Å². The van der Waals surface area contributed by atoms with Gasteiger partial charge < -0.3 is 10.6 Å². The van der Waals surface area contributed by atoms with E-state index < -0.39 is 23.2 Å². The van der Waals surface area contributed by atoms with Gasteiger partial charge in [0.05, 0.1) is 11.6 Å². The largest absolute Gasteiger partial charge is 0.416 e. The molecular weight excluding hydrogens is 317 g/mol. The molecule has 0 radical (unpaired) electrons. The van der Waals surface area contributed by atoms with Gasteiger partial charge in [-0.2, -0.15) is 13.2 Å². The Hall–Kier alpha value is -1.27. The molecule has 3 nitrogen and oxygen atoms in total. The lowest BCUT2D eigenvalue weighted by atomic mass is 9.86. The number of rotatable bonds is 3. The molecule has 2 N–H and O–H groups in total. The molecule has 1 aromatic carbocycles. The molecule has 0 heterocycles. The number of hydrogen-bond acceptors (Lipinski definition) is 2. The number of nitrogens with two attached hydrogens (primary N) is 1. The number of hydrogen-bond donors (Lipinski definition) is 1. The van der Waals surface area contributed by atoms with Crippen LogP contribution in [-0.4, -0.2) is 23.9 Å². The minimum Gasteiger partial charge on any atom is -0.340 e. The SMILES string of the molecule is CN(Cc1ccccc1C(F)(F)F)C(=O)[C@@H](N)C(C)(C)C.Cl. The van der Waals surface area contributed by atoms with Gasteiger partial charge in [0.15, 0.2) is 0 Å². The van der Waals surface area contributed by atoms with Gasteiger partial charge >= 0.3 is 6.18 Å². The van der Waals surface area contributed by atoms with Crippen LogP contribution < -0.4 is 5.73 Å². The van der Waals surface area contributed by atoms with Crippen molar-refractivity contribution in [2.24, 2.45) is 11.1 Å². The highest BCUT2D eigenvalue weighted by atomic mass is 35.5. The molecule has 0 aliphatic heterocycles. The fourth-order valence-electron chi connectivity index (χ4n) is 1.88. The lowest BCUT2D eigenvalue weighted by molar-refractivity contribution is -0.140. The smallest absolute Gasteiger partial charge is 0.340 e. The predicted octanol–water partition coefficient (Wildman–Crippen LogP) is 3.46. The second-order valence-corrected chi connectivity index (χ2v) is 6.19. The summed E-state index contributed by atoms with van der Waals surface area (Å²) in [6.07, 6.45) is -4.44. The van der Waals surface area contributed by atoms with Gasteiger partial charge in [-0.05, 0) is 17.0 Å². The Morgan fingerprint density at radius 2 is 1.73 bits per heavy atom. The van der Waals surface area contributed by atoms with Crippen LogP contribution in [0.2, 0.25) is 0 Å². The molecule has 0 aliphatic carbocycles. The standard InChI is InChI=1S/C15H21F3N2O.ClH/c1-14(2,3)12(19)13(21)20(4)9-10-7-5-6-8-11(10)15(16,17)18;/h5-8,12H,9,19H2,1-4H3;1H/t12-;/m1./s1. The first kappa shape index (κ1) is 20.7. The van der Waals surface area contributed by atoms with Crippen molar-refractivity contribution in [2.45, 2.75) is 39.5 Å². The molecule has 7 heteroatoms. The van der Waals surface area contributed by atoms with Crippen LogP contribution in [-0.2, 0) is 17.5 Å². The van der Waals surface area contributed by atoms with E-state index in [-0.39, 0.29) is 30.4 Å². The summed E-state index contributed by atoms with van der Waals surface area (Å²) in [5.74, 6) is -0.375. The summed E-state index contributed by atoms with van der Waals surface area (Å²) in [5, 5.41) is 0. The quantitative estimate of drug-likeness (QED) is 0.917. The molecular formula is C15H22ClF3N2O. The summed E-state index contributed by atoms with van der Waals surface area (Å²) >= 11 is 0. The van der Waals surface area contributed by atoms with E-state index in [0.717, 1.165) is 6.07 Å². The Bertz CT molecular complexity index is 512. The lowest BCUT2D eigenvalue weighted by Gasteiger charge is -2.30. The fourth-order valence-corrected chi connectivity index (χ4v) is 1.88. The van der Waals surface area contributed by atoms with Crippen molar-refractivity contribution in [3.8, 4) is 0 Å². The van der Waals surface area contributed by atoms with Crippen molar-refractivity contribution in [3.05, 3.63) is 35.4 Å². The zero-order valence-corrected chi connectivity index (χ0v) is 13.9. The van der Waals surface area contributed by atoms with E-state index >= 15 is 0 Å². The molecule has 0 saturated heterocycles. The highest BCUT2D eigenvalue weighted by Crippen LogP contribution is 2.32. The Morgan fingerprint density at radius 3 is 2.18 bits per heavy atom. The first-order valence-electron chi connectivity index (χ1n) is 6.60. The average molecular weight is 339 g/mol. The number of amides is 1. The van der Waals surface area contributed by atoms with E-state index in [9.17, 15) is 18.0 Å². The van der Waals surface area contributed by atoms with Crippen LogP contribution in [0.15, 0.2) is 24.3 Å². The van der Waals surface area contributed by atoms with Crippen LogP contribution in [0.4, 0.5) is 13.2 Å². The van der Waals surface area contributed by atoms with Gasteiger partial charge in [0.1, 0.15) is 0 Å². The van der Waals surface area contributed by atoms with Crippen LogP contribution in [0, 0.1) is 5.41 Å². The maximum Gasteiger partial charge on any atom is 0.416 e. The number of halogens is 4. The van der Waals surface area contributed by atoms with Crippen molar-refractivity contribution >= 4 is 18.3 Å². The van der Waals surface area contributed by atoms with E-state index in [0.29, 0.717) is 0 Å². The fraction of sp³-hybridized carbons (Fsp3) is 0.533. The van der Waals surface area contributed by atoms with Crippen molar-refractivity contribution in [3.63, 3.8) is 0 Å². The van der Waals surface area contributed by atoms with Crippen LogP contribution in [0.5, 0.6) is 0 Å². The second kappa shape index (κ2) is 7.33. The highest BCUT2D eigenvalue weighted by molar-refractivity contribution is 5.85. The summed E-state index contributed by atoms with van der Waals surface area (Å²) in [5.41, 5.74) is 4.74. The zero-order chi connectivity index (χ0) is 16.4. The summed E-state index contributed by atoms with van der Waals surface area (Å²) < 4.78 is 38.8. The average Bonchev–Trinajstić information content (AvgIpc) is 2.35. The third-order valence-corrected chi connectivity index (χ3v) is 3.31. The monoisotopic (exact) mass is 338 g/mol. The van der Waals surface area contributed by atoms with Crippen LogP contribution in [0.1, 0.15) is 31.9 Å². The Balaban J connectivity index is 0.00000441. The lowest BCUT2D eigenvalue weighted by Crippen LogP contribution is -2.49. The molecule has 0 saturated carbocycles. The summed E-state index contributed by atoms with van der Waals surface area (Å²) in [4.78, 5) is 13.4. The van der Waals surface area contributed by atoms with Crippen LogP contribution in [0.3, 0.4) is 0 Å². The van der Waals surface area contributed by atoms with E-state index in [2.05, 4.69) is 0 Å². The van der Waals surface area contributed by atoms with Gasteiger partial charge in [-0.1, -0.05) is 39.0 Å². The highest BCUT2D eigenvalue weighted by Gasteiger charge is 2.34. The van der Waals surface area contributed by atoms with Gasteiger partial charge in [-0.15, -0.1) is 12.4 Å². The second-order valence-electron chi connectivity index (χ2n) is 6.19. The van der Waals surface area contributed by atoms with Crippen molar-refractivity contribution in [1.82, 2.24) is 4.90 Å². The maximum atomic E-state index is 12.9. The third-order valence-electron chi connectivity index (χ3n) is 3.31. The Morgan fingerprint density at radius 1 is 1.23 bits per heavy atom. The van der Waals surface area contributed by atoms with E-state index in [1.165, 1.54) is 30.1 Å². The Kier molecular flexibility index (Phi) is 6.91. The molecule has 0 bridgehead atoms. The van der Waals surface area contributed by atoms with Crippen LogP contribution in [0.25, 0.3) is 0 Å². The van der Waals surface area contributed by atoms with E-state index in [1.807, 2.05) is 20.8 Å². The first-order chi connectivity index (χ1) is 9.44. The topological polar surface area (TPSA) is 46.3 Å². The predicted molar refractivity (Wildman–Crippen MR) is 82.6 cm³/mol. The summed E-state index contributed by atoms with van der Waals surface area (Å²) in [6, 6.07) is 4.47. The number of carbonyl (C=O) groups excluding carboxylic acids is 1. The third kappa shape index (κ3) is 5.18. The molecule has 0 unspecified atom stereocenters. The number of alkyl halides is 3. The van der Waals surface area contributed by atoms with Crippen molar-refractivity contribution in [1.29, 1.82) is 0 Å². The minimum atomic E-state index is -4.44. The molecule has 0 fully saturated rings. The molecule has 1 rings (SSSR count). The molecule has 22 heavy (non-hydrogen) atoms. The molecule has 0 aliphatic rings. The van der Waals surface area contributed by atoms with Crippen LogP contribution >= 0.6 is 12.4 Å². The minimum absolute atomic E-state index is 0. The molecule has 0 aromatic heterocycles. The Labute approximate surface area is 135 Å². The number of carbonyl (C=O) groups is 1. The van der Waals surface area contributed by atoms with Gasteiger partial charge in [0.2, 0.25) is 5.91 Å². The normalized spacial score (nSPS) is 13.3. The summed E-state index contributed by atoms with van der Waals surface area (Å²) in [7, 11) is 1.46. The van der Waals surface area contributed by atoms with Gasteiger partial charge in [0.25, 0.3) is 0 Å². The summed E-state index contributed by atoms with van der Waals surface area (Å²) in [6.45, 7) is 5.31. The van der Waals surface area contributed by atoms with E-state index in [4.69, 9.17) is 5.73 Å². The molecule has 126 valence electrons. The maximum absolute atomic E-state index is 12.9. The molecule has 1 amide bonds. The van der Waals surface area contributed by atoms with Crippen molar-refractivity contribution in [2.75, 3.05) is 7.05 Å². The molecule has 1 aromatic rings. The molecule has 1 atom stereocenters. The zero-order valence-electron chi connectivity index (χ0n) is 13.1. The van der Waals surface area contributed by atoms with Gasteiger partial charge in [-0.25, -0.2) is 0 Å². The number of benzene rings is 1.